The van der Waals surface area contributed by atoms with Gasteiger partial charge in [0.15, 0.2) is 0 Å². The maximum Gasteiger partial charge on any atom is 0.218 e. The Morgan fingerprint density at radius 1 is 1.64 bits per heavy atom. The molecule has 4 nitrogen and oxygen atoms in total. The third-order valence-corrected chi connectivity index (χ3v) is 2.10. The van der Waals surface area contributed by atoms with E-state index in [1.807, 2.05) is 19.2 Å². The van der Waals surface area contributed by atoms with E-state index in [4.69, 9.17) is 9.47 Å². The normalized spacial score (nSPS) is 16.4. The molecule has 0 bridgehead atoms. The highest BCUT2D eigenvalue weighted by atomic mass is 16.6. The maximum absolute atomic E-state index is 5.66. The highest BCUT2D eigenvalue weighted by Gasteiger charge is 2.21. The van der Waals surface area contributed by atoms with Crippen molar-refractivity contribution in [1.82, 2.24) is 10.3 Å². The van der Waals surface area contributed by atoms with Crippen molar-refractivity contribution in [3.63, 3.8) is 0 Å². The van der Waals surface area contributed by atoms with Crippen LogP contribution in [0.15, 0.2) is 18.3 Å². The number of hydrogen-bond donors (Lipinski definition) is 1. The summed E-state index contributed by atoms with van der Waals surface area (Å²) >= 11 is 0. The first-order valence-electron chi connectivity index (χ1n) is 4.73. The smallest absolute Gasteiger partial charge is 0.218 e. The predicted octanol–water partition coefficient (Wildman–Crippen LogP) is 0.579. The second-order valence-corrected chi connectivity index (χ2v) is 3.28. The molecule has 0 atom stereocenters. The summed E-state index contributed by atoms with van der Waals surface area (Å²) in [4.78, 5) is 4.20. The van der Waals surface area contributed by atoms with Gasteiger partial charge in [-0.1, -0.05) is 6.07 Å². The minimum atomic E-state index is 0.181. The molecule has 0 saturated carbocycles. The number of ether oxygens (including phenoxy) is 2. The summed E-state index contributed by atoms with van der Waals surface area (Å²) in [5, 5.41) is 3.08. The third-order valence-electron chi connectivity index (χ3n) is 2.10. The van der Waals surface area contributed by atoms with Crippen molar-refractivity contribution in [3.8, 4) is 5.88 Å². The molecule has 2 heterocycles. The topological polar surface area (TPSA) is 43.4 Å². The number of aromatic nitrogens is 1. The summed E-state index contributed by atoms with van der Waals surface area (Å²) in [6.45, 7) is 2.13. The van der Waals surface area contributed by atoms with Crippen molar-refractivity contribution >= 4 is 0 Å². The first-order valence-corrected chi connectivity index (χ1v) is 4.73. The van der Waals surface area contributed by atoms with Crippen LogP contribution >= 0.6 is 0 Å². The molecule has 0 unspecified atom stereocenters. The van der Waals surface area contributed by atoms with E-state index in [2.05, 4.69) is 10.3 Å². The van der Waals surface area contributed by atoms with Crippen molar-refractivity contribution in [3.05, 3.63) is 23.9 Å². The second kappa shape index (κ2) is 4.39. The number of nitrogens with zero attached hydrogens (tertiary/aromatic N) is 1. The van der Waals surface area contributed by atoms with Crippen LogP contribution in [0.3, 0.4) is 0 Å². The van der Waals surface area contributed by atoms with Crippen LogP contribution in [0.1, 0.15) is 5.56 Å². The molecule has 0 spiro atoms. The summed E-state index contributed by atoms with van der Waals surface area (Å²) in [5.41, 5.74) is 1.09. The van der Waals surface area contributed by atoms with E-state index in [-0.39, 0.29) is 6.10 Å². The fourth-order valence-electron chi connectivity index (χ4n) is 1.30. The van der Waals surface area contributed by atoms with E-state index in [9.17, 15) is 0 Å². The number of hydrogen-bond acceptors (Lipinski definition) is 4. The van der Waals surface area contributed by atoms with Crippen LogP contribution in [0.25, 0.3) is 0 Å². The number of pyridine rings is 1. The lowest BCUT2D eigenvalue weighted by molar-refractivity contribution is -0.0816. The minimum absolute atomic E-state index is 0.181. The molecular formula is C10H14N2O2. The van der Waals surface area contributed by atoms with Crippen molar-refractivity contribution in [2.24, 2.45) is 0 Å². The van der Waals surface area contributed by atoms with Crippen molar-refractivity contribution < 1.29 is 9.47 Å². The lowest BCUT2D eigenvalue weighted by Crippen LogP contribution is -2.39. The van der Waals surface area contributed by atoms with Crippen molar-refractivity contribution in [1.29, 1.82) is 0 Å². The second-order valence-electron chi connectivity index (χ2n) is 3.28. The van der Waals surface area contributed by atoms with Crippen molar-refractivity contribution in [2.45, 2.75) is 12.6 Å². The molecule has 1 aliphatic rings. The van der Waals surface area contributed by atoms with E-state index in [0.717, 1.165) is 18.0 Å². The molecule has 76 valence electrons. The van der Waals surface area contributed by atoms with Gasteiger partial charge in [-0.25, -0.2) is 4.98 Å². The van der Waals surface area contributed by atoms with Crippen molar-refractivity contribution in [2.75, 3.05) is 20.3 Å². The third kappa shape index (κ3) is 2.02. The quantitative estimate of drug-likeness (QED) is 0.761. The number of rotatable bonds is 4. The van der Waals surface area contributed by atoms with Gasteiger partial charge in [-0.15, -0.1) is 0 Å². The van der Waals surface area contributed by atoms with Gasteiger partial charge in [-0.2, -0.15) is 0 Å². The highest BCUT2D eigenvalue weighted by molar-refractivity contribution is 5.25. The highest BCUT2D eigenvalue weighted by Crippen LogP contribution is 2.17. The molecule has 1 aliphatic heterocycles. The minimum Gasteiger partial charge on any atom is -0.469 e. The average molecular weight is 194 g/mol. The molecular weight excluding hydrogens is 180 g/mol. The molecule has 2 rings (SSSR count). The molecule has 0 aliphatic carbocycles. The zero-order chi connectivity index (χ0) is 9.80. The van der Waals surface area contributed by atoms with Gasteiger partial charge in [0.2, 0.25) is 5.88 Å². The van der Waals surface area contributed by atoms with Gasteiger partial charge in [-0.05, 0) is 13.1 Å². The van der Waals surface area contributed by atoms with E-state index < -0.39 is 0 Å². The van der Waals surface area contributed by atoms with Crippen LogP contribution in [-0.4, -0.2) is 31.3 Å². The van der Waals surface area contributed by atoms with E-state index in [1.165, 1.54) is 0 Å². The van der Waals surface area contributed by atoms with Crippen LogP contribution in [0.2, 0.25) is 0 Å². The summed E-state index contributed by atoms with van der Waals surface area (Å²) in [6.07, 6.45) is 1.93. The molecule has 0 amide bonds. The molecule has 4 heteroatoms. The maximum atomic E-state index is 5.66. The Bertz CT molecular complexity index is 300. The summed E-state index contributed by atoms with van der Waals surface area (Å²) in [5.74, 6) is 0.718. The number of nitrogens with one attached hydrogen (secondary N) is 1. The molecule has 0 radical (unpaired) electrons. The first kappa shape index (κ1) is 9.43. The van der Waals surface area contributed by atoms with Gasteiger partial charge in [0.05, 0.1) is 13.2 Å². The molecule has 0 aromatic carbocycles. The van der Waals surface area contributed by atoms with E-state index in [0.29, 0.717) is 13.2 Å². The molecule has 1 aromatic heterocycles. The predicted molar refractivity (Wildman–Crippen MR) is 52.2 cm³/mol. The molecule has 1 aromatic rings. The van der Waals surface area contributed by atoms with E-state index in [1.54, 1.807) is 6.20 Å². The van der Waals surface area contributed by atoms with Gasteiger partial charge in [-0.3, -0.25) is 0 Å². The fourth-order valence-corrected chi connectivity index (χ4v) is 1.30. The summed E-state index contributed by atoms with van der Waals surface area (Å²) < 4.78 is 10.7. The van der Waals surface area contributed by atoms with Gasteiger partial charge in [0.25, 0.3) is 0 Å². The molecule has 1 fully saturated rings. The Balaban J connectivity index is 2.05. The van der Waals surface area contributed by atoms with Crippen LogP contribution in [0.4, 0.5) is 0 Å². The van der Waals surface area contributed by atoms with Gasteiger partial charge < -0.3 is 14.8 Å². The zero-order valence-corrected chi connectivity index (χ0v) is 8.19. The van der Waals surface area contributed by atoms with Crippen LogP contribution < -0.4 is 10.1 Å². The Morgan fingerprint density at radius 2 is 2.50 bits per heavy atom. The molecule has 1 saturated heterocycles. The zero-order valence-electron chi connectivity index (χ0n) is 8.19. The first-order chi connectivity index (χ1) is 6.90. The lowest BCUT2D eigenvalue weighted by atomic mass is 10.2. The summed E-state index contributed by atoms with van der Waals surface area (Å²) in [6, 6.07) is 3.93. The lowest BCUT2D eigenvalue weighted by Gasteiger charge is -2.26. The van der Waals surface area contributed by atoms with Crippen LogP contribution in [0, 0.1) is 0 Å². The van der Waals surface area contributed by atoms with Gasteiger partial charge >= 0.3 is 0 Å². The Labute approximate surface area is 83.2 Å². The van der Waals surface area contributed by atoms with E-state index >= 15 is 0 Å². The largest absolute Gasteiger partial charge is 0.469 e. The van der Waals surface area contributed by atoms with Gasteiger partial charge in [0, 0.05) is 18.3 Å². The van der Waals surface area contributed by atoms with Gasteiger partial charge in [0.1, 0.15) is 6.10 Å². The SMILES string of the molecule is CNCc1cccnc1OC1COC1. The molecule has 14 heavy (non-hydrogen) atoms. The summed E-state index contributed by atoms with van der Waals surface area (Å²) in [7, 11) is 1.91. The standard InChI is InChI=1S/C10H14N2O2/c1-11-5-8-3-2-4-12-10(8)14-9-6-13-7-9/h2-4,9,11H,5-7H2,1H3. The average Bonchev–Trinajstić information content (AvgIpc) is 2.14. The van der Waals surface area contributed by atoms with Crippen LogP contribution in [0.5, 0.6) is 5.88 Å². The Kier molecular flexibility index (Phi) is 2.96. The Hall–Kier alpha value is -1.13. The fraction of sp³-hybridized carbons (Fsp3) is 0.500. The monoisotopic (exact) mass is 194 g/mol. The molecule has 1 N–H and O–H groups in total. The van der Waals surface area contributed by atoms with Crippen LogP contribution in [-0.2, 0) is 11.3 Å². The Morgan fingerprint density at radius 3 is 3.14 bits per heavy atom.